The number of aryl methyl sites for hydroxylation is 1. The predicted octanol–water partition coefficient (Wildman–Crippen LogP) is 2.60. The smallest absolute Gasteiger partial charge is 0.191 e. The molecule has 22 heavy (non-hydrogen) atoms. The van der Waals surface area contributed by atoms with E-state index in [-0.39, 0.29) is 29.6 Å². The van der Waals surface area contributed by atoms with Gasteiger partial charge in [0.1, 0.15) is 0 Å². The average molecular weight is 438 g/mol. The average Bonchev–Trinajstić information content (AvgIpc) is 3.12. The van der Waals surface area contributed by atoms with Gasteiger partial charge in [0.2, 0.25) is 0 Å². The monoisotopic (exact) mass is 438 g/mol. The summed E-state index contributed by atoms with van der Waals surface area (Å²) in [5.41, 5.74) is -0.0526. The Balaban J connectivity index is 0.00000242. The maximum absolute atomic E-state index is 5.77. The van der Waals surface area contributed by atoms with Crippen LogP contribution in [0.5, 0.6) is 0 Å². The minimum Gasteiger partial charge on any atom is -0.373 e. The highest BCUT2D eigenvalue weighted by molar-refractivity contribution is 14.0. The molecule has 2 N–H and O–H groups in total. The Morgan fingerprint density at radius 1 is 1.50 bits per heavy atom. The van der Waals surface area contributed by atoms with Crippen LogP contribution in [0.1, 0.15) is 36.6 Å². The zero-order valence-corrected chi connectivity index (χ0v) is 16.8. The van der Waals surface area contributed by atoms with Crippen molar-refractivity contribution in [2.45, 2.75) is 45.1 Å². The quantitative estimate of drug-likeness (QED) is 0.407. The van der Waals surface area contributed by atoms with Gasteiger partial charge in [-0.25, -0.2) is 4.98 Å². The van der Waals surface area contributed by atoms with Gasteiger partial charge in [-0.2, -0.15) is 0 Å². The summed E-state index contributed by atoms with van der Waals surface area (Å²) in [5, 5.41) is 7.87. The topological polar surface area (TPSA) is 58.5 Å². The van der Waals surface area contributed by atoms with Gasteiger partial charge >= 0.3 is 0 Å². The van der Waals surface area contributed by atoms with Crippen molar-refractivity contribution in [3.8, 4) is 0 Å². The Labute approximate surface area is 154 Å². The molecule has 1 atom stereocenters. The van der Waals surface area contributed by atoms with Gasteiger partial charge in [-0.1, -0.05) is 6.92 Å². The van der Waals surface area contributed by atoms with Crippen LogP contribution in [0, 0.1) is 0 Å². The molecule has 1 aromatic rings. The molecule has 1 unspecified atom stereocenters. The fraction of sp³-hybridized carbons (Fsp3) is 0.733. The van der Waals surface area contributed by atoms with E-state index >= 15 is 0 Å². The fourth-order valence-corrected chi connectivity index (χ4v) is 3.24. The minimum atomic E-state index is -0.0526. The number of hydrogen-bond acceptors (Lipinski definition) is 4. The summed E-state index contributed by atoms with van der Waals surface area (Å²) in [4.78, 5) is 10.0. The largest absolute Gasteiger partial charge is 0.373 e. The van der Waals surface area contributed by atoms with Gasteiger partial charge in [0.05, 0.1) is 10.6 Å². The molecule has 0 spiro atoms. The summed E-state index contributed by atoms with van der Waals surface area (Å²) in [6.45, 7) is 6.82. The number of ether oxygens (including phenoxy) is 1. The number of hydrogen-bond donors (Lipinski definition) is 2. The zero-order valence-electron chi connectivity index (χ0n) is 13.6. The molecular formula is C15H27IN4OS. The van der Waals surface area contributed by atoms with Crippen LogP contribution in [0.3, 0.4) is 0 Å². The van der Waals surface area contributed by atoms with Gasteiger partial charge in [-0.15, -0.1) is 35.3 Å². The van der Waals surface area contributed by atoms with E-state index in [0.717, 1.165) is 51.3 Å². The molecule has 1 saturated heterocycles. The highest BCUT2D eigenvalue weighted by atomic mass is 127. The van der Waals surface area contributed by atoms with E-state index in [2.05, 4.69) is 34.5 Å². The van der Waals surface area contributed by atoms with E-state index < -0.39 is 0 Å². The molecule has 0 radical (unpaired) electrons. The Kier molecular flexibility index (Phi) is 8.63. The number of nitrogens with one attached hydrogen (secondary N) is 2. The third-order valence-electron chi connectivity index (χ3n) is 3.74. The lowest BCUT2D eigenvalue weighted by Gasteiger charge is -2.24. The van der Waals surface area contributed by atoms with Crippen LogP contribution in [0.4, 0.5) is 0 Å². The van der Waals surface area contributed by atoms with Gasteiger partial charge in [0, 0.05) is 44.2 Å². The van der Waals surface area contributed by atoms with E-state index in [1.54, 1.807) is 18.4 Å². The molecule has 2 rings (SSSR count). The molecule has 0 aromatic carbocycles. The summed E-state index contributed by atoms with van der Waals surface area (Å²) >= 11 is 1.79. The standard InChI is InChI=1S/C15H26N4OS.HI/c1-4-12-10-18-13(21-12)6-8-17-14(16-3)19-11-15(2)7-5-9-20-15;/h10H,4-9,11H2,1-3H3,(H2,16,17,19);1H. The molecule has 126 valence electrons. The van der Waals surface area contributed by atoms with Crippen LogP contribution in [-0.2, 0) is 17.6 Å². The summed E-state index contributed by atoms with van der Waals surface area (Å²) in [6, 6.07) is 0. The van der Waals surface area contributed by atoms with Crippen LogP contribution in [0.2, 0.25) is 0 Å². The second kappa shape index (κ2) is 9.67. The normalized spacial score (nSPS) is 21.5. The van der Waals surface area contributed by atoms with Crippen LogP contribution in [-0.4, -0.2) is 43.3 Å². The van der Waals surface area contributed by atoms with Crippen LogP contribution >= 0.6 is 35.3 Å². The number of thiazole rings is 1. The van der Waals surface area contributed by atoms with E-state index in [1.807, 2.05) is 6.20 Å². The molecule has 0 bridgehead atoms. The first-order chi connectivity index (χ1) is 10.1. The van der Waals surface area contributed by atoms with Gasteiger partial charge in [-0.3, -0.25) is 4.99 Å². The number of aliphatic imine (C=N–C) groups is 1. The van der Waals surface area contributed by atoms with Crippen LogP contribution in [0.15, 0.2) is 11.2 Å². The first-order valence-corrected chi connectivity index (χ1v) is 8.49. The number of rotatable bonds is 6. The molecule has 1 fully saturated rings. The van der Waals surface area contributed by atoms with Crippen molar-refractivity contribution in [1.29, 1.82) is 0 Å². The SMILES string of the molecule is CCc1cnc(CCNC(=NC)NCC2(C)CCCO2)s1.I. The Hall–Kier alpha value is -0.410. The van der Waals surface area contributed by atoms with E-state index in [9.17, 15) is 0 Å². The molecule has 1 aliphatic heterocycles. The Bertz CT molecular complexity index is 472. The van der Waals surface area contributed by atoms with Crippen molar-refractivity contribution in [2.75, 3.05) is 26.7 Å². The summed E-state index contributed by atoms with van der Waals surface area (Å²) in [7, 11) is 1.80. The zero-order chi connectivity index (χ0) is 15.1. The Morgan fingerprint density at radius 3 is 2.91 bits per heavy atom. The van der Waals surface area contributed by atoms with Crippen molar-refractivity contribution >= 4 is 41.3 Å². The fourth-order valence-electron chi connectivity index (χ4n) is 2.38. The summed E-state index contributed by atoms with van der Waals surface area (Å²) in [5.74, 6) is 0.832. The molecule has 0 amide bonds. The van der Waals surface area contributed by atoms with Gasteiger partial charge in [-0.05, 0) is 26.2 Å². The highest BCUT2D eigenvalue weighted by Gasteiger charge is 2.29. The van der Waals surface area contributed by atoms with Crippen LogP contribution < -0.4 is 10.6 Å². The highest BCUT2D eigenvalue weighted by Crippen LogP contribution is 2.23. The lowest BCUT2D eigenvalue weighted by Crippen LogP contribution is -2.45. The maximum atomic E-state index is 5.77. The Morgan fingerprint density at radius 2 is 2.32 bits per heavy atom. The molecule has 7 heteroatoms. The lowest BCUT2D eigenvalue weighted by atomic mass is 10.0. The second-order valence-corrected chi connectivity index (χ2v) is 6.78. The number of guanidine groups is 1. The minimum absolute atomic E-state index is 0. The number of halogens is 1. The third-order valence-corrected chi connectivity index (χ3v) is 4.94. The van der Waals surface area contributed by atoms with Crippen LogP contribution in [0.25, 0.3) is 0 Å². The van der Waals surface area contributed by atoms with E-state index in [1.165, 1.54) is 9.88 Å². The molecule has 5 nitrogen and oxygen atoms in total. The summed E-state index contributed by atoms with van der Waals surface area (Å²) in [6.07, 6.45) is 6.22. The van der Waals surface area contributed by atoms with Crippen molar-refractivity contribution in [3.63, 3.8) is 0 Å². The maximum Gasteiger partial charge on any atom is 0.191 e. The van der Waals surface area contributed by atoms with Crippen molar-refractivity contribution in [2.24, 2.45) is 4.99 Å². The first kappa shape index (κ1) is 19.6. The summed E-state index contributed by atoms with van der Waals surface area (Å²) < 4.78 is 5.77. The molecule has 0 aliphatic carbocycles. The van der Waals surface area contributed by atoms with Gasteiger partial charge in [0.25, 0.3) is 0 Å². The molecular weight excluding hydrogens is 411 g/mol. The van der Waals surface area contributed by atoms with Crippen molar-refractivity contribution in [3.05, 3.63) is 16.1 Å². The number of nitrogens with zero attached hydrogens (tertiary/aromatic N) is 2. The number of aromatic nitrogens is 1. The van der Waals surface area contributed by atoms with Crippen molar-refractivity contribution in [1.82, 2.24) is 15.6 Å². The van der Waals surface area contributed by atoms with E-state index in [0.29, 0.717) is 0 Å². The van der Waals surface area contributed by atoms with E-state index in [4.69, 9.17) is 4.74 Å². The third kappa shape index (κ3) is 6.00. The van der Waals surface area contributed by atoms with Gasteiger partial charge in [0.15, 0.2) is 5.96 Å². The first-order valence-electron chi connectivity index (χ1n) is 7.67. The van der Waals surface area contributed by atoms with Gasteiger partial charge < -0.3 is 15.4 Å². The van der Waals surface area contributed by atoms with Crippen molar-refractivity contribution < 1.29 is 4.74 Å². The predicted molar refractivity (Wildman–Crippen MR) is 104 cm³/mol. The molecule has 2 heterocycles. The lowest BCUT2D eigenvalue weighted by molar-refractivity contribution is 0.0243. The second-order valence-electron chi connectivity index (χ2n) is 5.58. The molecule has 1 aromatic heterocycles. The molecule has 0 saturated carbocycles. The molecule has 1 aliphatic rings.